The van der Waals surface area contributed by atoms with Crippen LogP contribution < -0.4 is 71.6 Å². The molecule has 0 radical (unpaired) electrons. The van der Waals surface area contributed by atoms with E-state index < -0.39 is 169 Å². The number of nitrogens with one attached hydrogen (secondary N) is 9. The number of guanidine groups is 1. The van der Waals surface area contributed by atoms with Crippen molar-refractivity contribution in [1.29, 1.82) is 5.41 Å². The summed E-state index contributed by atoms with van der Waals surface area (Å²) in [6, 6.07) is 25.2. The molecule has 2 fully saturated rings. The predicted octanol–water partition coefficient (Wildman–Crippen LogP) is -0.271. The molecule has 4 aliphatic heterocycles. The Bertz CT molecular complexity index is 4450. The number of primary amides is 3. The maximum atomic E-state index is 16.0. The number of fused-ring (bicyclic) bond motifs is 3. The Morgan fingerprint density at radius 3 is 1.50 bits per heavy atom. The van der Waals surface area contributed by atoms with Crippen molar-refractivity contribution in [3.8, 4) is 0 Å². The quantitative estimate of drug-likeness (QED) is 0.0136. The topological polar surface area (TPSA) is 515 Å². The monoisotopic (exact) mass is 1550 g/mol. The number of amides is 13. The van der Waals surface area contributed by atoms with Gasteiger partial charge in [-0.25, -0.2) is 0 Å². The number of hydrogen-bond acceptors (Lipinski definition) is 16. The molecule has 0 bridgehead atoms. The molecule has 32 heteroatoms. The number of hydrogen-bond donors (Lipinski definition) is 15. The first-order valence-corrected chi connectivity index (χ1v) is 38.6. The number of aromatic amines is 1. The highest BCUT2D eigenvalue weighted by Gasteiger charge is 2.47. The zero-order valence-corrected chi connectivity index (χ0v) is 63.2. The van der Waals surface area contributed by atoms with Crippen LogP contribution in [0.15, 0.2) is 140 Å². The molecule has 4 aliphatic rings. The third kappa shape index (κ3) is 22.2. The van der Waals surface area contributed by atoms with Gasteiger partial charge in [-0.05, 0) is 122 Å². The molecule has 0 aliphatic carbocycles. The number of benzene rings is 5. The van der Waals surface area contributed by atoms with Gasteiger partial charge in [0.15, 0.2) is 5.96 Å². The summed E-state index contributed by atoms with van der Waals surface area (Å²) in [4.78, 5) is 197. The molecular weight excluding hydrogens is 1450 g/mol. The van der Waals surface area contributed by atoms with Crippen LogP contribution >= 0.6 is 0 Å². The van der Waals surface area contributed by atoms with Crippen LogP contribution in [-0.4, -0.2) is 200 Å². The number of carbonyl (C=O) groups is 13. The lowest BCUT2D eigenvalue weighted by Crippen LogP contribution is -2.63. The van der Waals surface area contributed by atoms with Crippen LogP contribution in [0.5, 0.6) is 0 Å². The summed E-state index contributed by atoms with van der Waals surface area (Å²) in [6.07, 6.45) is 2.54. The average Bonchev–Trinajstić information content (AvgIpc) is 1.21. The van der Waals surface area contributed by atoms with E-state index in [0.717, 1.165) is 33.2 Å². The zero-order chi connectivity index (χ0) is 80.8. The van der Waals surface area contributed by atoms with Gasteiger partial charge in [0, 0.05) is 94.8 Å². The average molecular weight is 1550 g/mol. The molecule has 113 heavy (non-hydrogen) atoms. The zero-order valence-electron chi connectivity index (χ0n) is 63.2. The molecule has 32 nitrogen and oxygen atoms in total. The van der Waals surface area contributed by atoms with E-state index in [0.29, 0.717) is 61.8 Å². The van der Waals surface area contributed by atoms with E-state index >= 15 is 19.2 Å². The second kappa shape index (κ2) is 39.7. The number of likely N-dealkylation sites (tertiary alicyclic amines) is 2. The van der Waals surface area contributed by atoms with Crippen molar-refractivity contribution >= 4 is 93.7 Å². The van der Waals surface area contributed by atoms with Gasteiger partial charge in [-0.3, -0.25) is 67.7 Å². The highest BCUT2D eigenvalue weighted by molar-refractivity contribution is 6.00. The summed E-state index contributed by atoms with van der Waals surface area (Å²) in [7, 11) is 0. The number of para-hydroxylation sites is 1. The fourth-order valence-corrected chi connectivity index (χ4v) is 15.4. The summed E-state index contributed by atoms with van der Waals surface area (Å²) in [5, 5.41) is 27.6. The van der Waals surface area contributed by atoms with Gasteiger partial charge < -0.3 is 96.2 Å². The molecule has 600 valence electrons. The van der Waals surface area contributed by atoms with E-state index in [-0.39, 0.29) is 90.0 Å². The maximum absolute atomic E-state index is 16.0. The van der Waals surface area contributed by atoms with Crippen molar-refractivity contribution in [2.24, 2.45) is 34.4 Å². The van der Waals surface area contributed by atoms with E-state index in [2.05, 4.69) is 42.2 Å². The van der Waals surface area contributed by atoms with E-state index in [9.17, 15) is 43.2 Å². The first-order chi connectivity index (χ1) is 54.3. The number of unbranched alkanes of at least 4 members (excludes halogenated alkanes) is 1. The summed E-state index contributed by atoms with van der Waals surface area (Å²) < 4.78 is 0. The number of nitrogens with zero attached hydrogens (tertiary/aromatic N) is 4. The van der Waals surface area contributed by atoms with Gasteiger partial charge in [0.1, 0.15) is 60.4 Å². The second-order valence-corrected chi connectivity index (χ2v) is 29.4. The van der Waals surface area contributed by atoms with Gasteiger partial charge in [0.05, 0.1) is 6.04 Å². The molecule has 2 saturated heterocycles. The molecule has 0 saturated carbocycles. The third-order valence-corrected chi connectivity index (χ3v) is 21.4. The fraction of sp³-hybridized carbons (Fsp3) is 0.432. The van der Waals surface area contributed by atoms with Crippen LogP contribution in [0.4, 0.5) is 0 Å². The standard InChI is InChI=1S/C81H103N19O13/c82-36-14-13-29-60(93-75(108)64-30-16-38-97(64)77(110)56(83)27-15-37-89-81(87)88)78(111)98-39-17-31-65(98)74(107)92-59(33-35-69(85)102)71(104)91-58(32-34-68(84)101)72(105)95-62(40-48-18-3-1-4-19-48)73(106)96-63(41-49-20-5-2-6-21-49)79(112)100-47-53-25-10-8-23-51(53)44-67(100)80(113)99-46-52-24-9-7-22-50(52)43-66(99)76(109)94-61(70(86)103)42-54-45-90-57-28-12-11-26-55(54)57/h1-12,18-26,28,45,56,58-67,90H,13-17,27,29-44,46-47,82-83H2,(H2,84,101)(H2,85,102)(H2,86,103)(H,91,104)(H,92,107)(H,93,108)(H,94,109)(H,95,105)(H,96,106)(H4,87,88,89)/t56-,58-,59-,60-,61-,62-,63-,64-,65-,66-,67+/m0/s1. The van der Waals surface area contributed by atoms with Crippen molar-refractivity contribution in [3.63, 3.8) is 0 Å². The first kappa shape index (κ1) is 83.4. The Hall–Kier alpha value is -12.1. The minimum atomic E-state index is -1.68. The van der Waals surface area contributed by atoms with E-state index in [1.807, 2.05) is 66.7 Å². The van der Waals surface area contributed by atoms with Crippen molar-refractivity contribution in [3.05, 3.63) is 179 Å². The number of H-pyrrole nitrogens is 1. The van der Waals surface area contributed by atoms with Crippen molar-refractivity contribution in [1.82, 2.24) is 61.8 Å². The molecule has 11 atom stereocenters. The lowest BCUT2D eigenvalue weighted by Gasteiger charge is -2.43. The van der Waals surface area contributed by atoms with Crippen molar-refractivity contribution in [2.45, 2.75) is 195 Å². The smallest absolute Gasteiger partial charge is 0.246 e. The second-order valence-electron chi connectivity index (χ2n) is 29.4. The molecule has 0 spiro atoms. The Morgan fingerprint density at radius 1 is 0.451 bits per heavy atom. The summed E-state index contributed by atoms with van der Waals surface area (Å²) >= 11 is 0. The fourth-order valence-electron chi connectivity index (χ4n) is 15.4. The van der Waals surface area contributed by atoms with Crippen molar-refractivity contribution < 1.29 is 62.3 Å². The van der Waals surface area contributed by atoms with Crippen LogP contribution in [0.25, 0.3) is 10.9 Å². The Kier molecular flexibility index (Phi) is 29.3. The summed E-state index contributed by atoms with van der Waals surface area (Å²) in [5.74, 6) is -10.1. The van der Waals surface area contributed by atoms with E-state index in [1.165, 1.54) is 19.6 Å². The number of carbonyl (C=O) groups excluding carboxylic acids is 13. The lowest BCUT2D eigenvalue weighted by molar-refractivity contribution is -0.153. The minimum Gasteiger partial charge on any atom is -0.370 e. The highest BCUT2D eigenvalue weighted by Crippen LogP contribution is 2.32. The van der Waals surface area contributed by atoms with Gasteiger partial charge in [-0.2, -0.15) is 0 Å². The molecule has 0 unspecified atom stereocenters. The normalized spacial score (nSPS) is 18.3. The predicted molar refractivity (Wildman–Crippen MR) is 418 cm³/mol. The van der Waals surface area contributed by atoms with Crippen LogP contribution in [0.2, 0.25) is 0 Å². The molecular formula is C81H103N19O13. The molecule has 10 rings (SSSR count). The Morgan fingerprint density at radius 2 is 0.920 bits per heavy atom. The van der Waals surface area contributed by atoms with Crippen LogP contribution in [0.3, 0.4) is 0 Å². The van der Waals surface area contributed by atoms with Gasteiger partial charge in [0.2, 0.25) is 76.8 Å². The SMILES string of the molecule is N=C(N)NCCC[C@H](N)C(=O)N1CCC[C@H]1C(=O)N[C@@H](CCCCN)C(=O)N1CCC[C@H]1C(=O)N[C@@H](CCC(N)=O)C(=O)N[C@@H](CCC(N)=O)C(=O)N[C@@H](Cc1ccccc1)C(=O)N[C@@H](Cc1ccccc1)C(=O)N1Cc2ccccc2C[C@@H]1C(=O)N1Cc2ccccc2C[C@H]1C(=O)N[C@@H](Cc1c[nH]c2ccccc12)C(N)=O. The van der Waals surface area contributed by atoms with E-state index in [1.54, 1.807) is 72.9 Å². The Labute approximate surface area is 654 Å². The molecule has 5 heterocycles. The van der Waals surface area contributed by atoms with Crippen LogP contribution in [-0.2, 0) is 108 Å². The van der Waals surface area contributed by atoms with Crippen LogP contribution in [0, 0.1) is 5.41 Å². The molecule has 1 aromatic heterocycles. The third-order valence-electron chi connectivity index (χ3n) is 21.4. The van der Waals surface area contributed by atoms with Gasteiger partial charge in [-0.1, -0.05) is 127 Å². The van der Waals surface area contributed by atoms with E-state index in [4.69, 9.17) is 39.8 Å². The van der Waals surface area contributed by atoms with Gasteiger partial charge >= 0.3 is 0 Å². The summed E-state index contributed by atoms with van der Waals surface area (Å²) in [5.41, 5.74) is 40.5. The minimum absolute atomic E-state index is 0.00752. The Balaban J connectivity index is 0.882. The maximum Gasteiger partial charge on any atom is 0.246 e. The highest BCUT2D eigenvalue weighted by atomic mass is 16.2. The molecule has 21 N–H and O–H groups in total. The van der Waals surface area contributed by atoms with Gasteiger partial charge in [-0.15, -0.1) is 0 Å². The first-order valence-electron chi connectivity index (χ1n) is 38.6. The lowest BCUT2D eigenvalue weighted by atomic mass is 9.89. The number of rotatable bonds is 37. The largest absolute Gasteiger partial charge is 0.370 e. The molecule has 6 aromatic rings. The van der Waals surface area contributed by atoms with Crippen LogP contribution in [0.1, 0.15) is 122 Å². The van der Waals surface area contributed by atoms with Crippen molar-refractivity contribution in [2.75, 3.05) is 26.2 Å². The molecule has 13 amide bonds. The number of aromatic nitrogens is 1. The van der Waals surface area contributed by atoms with Gasteiger partial charge in [0.25, 0.3) is 0 Å². The molecule has 5 aromatic carbocycles. The summed E-state index contributed by atoms with van der Waals surface area (Å²) in [6.45, 7) is 0.728. The number of nitrogens with two attached hydrogens (primary N) is 6.